The van der Waals surface area contributed by atoms with Gasteiger partial charge in [-0.25, -0.2) is 0 Å². The fourth-order valence-corrected chi connectivity index (χ4v) is 2.15. The second-order valence-electron chi connectivity index (χ2n) is 3.33. The molecule has 2 N–H and O–H groups in total. The molecule has 1 unspecified atom stereocenters. The Kier molecular flexibility index (Phi) is 4.90. The number of carbonyl (C=O) groups excluding carboxylic acids is 1. The monoisotopic (exact) mass is 232 g/mol. The van der Waals surface area contributed by atoms with Crippen LogP contribution in [0.25, 0.3) is 0 Å². The predicted molar refractivity (Wildman–Crippen MR) is 59.0 cm³/mol. The molecule has 0 bridgehead atoms. The highest BCUT2D eigenvalue weighted by Gasteiger charge is 2.31. The summed E-state index contributed by atoms with van der Waals surface area (Å²) in [5.41, 5.74) is 0. The maximum atomic E-state index is 11.1. The van der Waals surface area contributed by atoms with E-state index in [0.29, 0.717) is 6.54 Å². The summed E-state index contributed by atoms with van der Waals surface area (Å²) in [5, 5.41) is 11.5. The molecule has 1 heterocycles. The molecule has 1 aliphatic rings. The molecule has 1 rings (SSSR count). The van der Waals surface area contributed by atoms with Crippen LogP contribution in [0.2, 0.25) is 0 Å². The molecule has 86 valence electrons. The number of nitrogens with zero attached hydrogens (tertiary/aromatic N) is 1. The van der Waals surface area contributed by atoms with E-state index in [9.17, 15) is 9.59 Å². The number of carboxylic acid groups (broad SMARTS) is 1. The minimum Gasteiger partial charge on any atom is -0.480 e. The Morgan fingerprint density at radius 2 is 2.47 bits per heavy atom. The lowest BCUT2D eigenvalue weighted by Gasteiger charge is -2.32. The number of amides is 1. The summed E-state index contributed by atoms with van der Waals surface area (Å²) >= 11 is 1.75. The van der Waals surface area contributed by atoms with Crippen molar-refractivity contribution in [3.63, 3.8) is 0 Å². The van der Waals surface area contributed by atoms with Gasteiger partial charge in [-0.15, -0.1) is 0 Å². The van der Waals surface area contributed by atoms with E-state index < -0.39 is 12.0 Å². The molecule has 5 nitrogen and oxygen atoms in total. The molecular weight excluding hydrogens is 216 g/mol. The van der Waals surface area contributed by atoms with E-state index in [4.69, 9.17) is 5.11 Å². The highest BCUT2D eigenvalue weighted by molar-refractivity contribution is 7.99. The molecule has 0 aromatic rings. The number of rotatable bonds is 5. The summed E-state index contributed by atoms with van der Waals surface area (Å²) in [6, 6.07) is -0.569. The summed E-state index contributed by atoms with van der Waals surface area (Å²) < 4.78 is 0. The maximum Gasteiger partial charge on any atom is 0.322 e. The van der Waals surface area contributed by atoms with Crippen LogP contribution in [0.15, 0.2) is 0 Å². The van der Waals surface area contributed by atoms with Gasteiger partial charge in [0.25, 0.3) is 0 Å². The maximum absolute atomic E-state index is 11.1. The van der Waals surface area contributed by atoms with Crippen molar-refractivity contribution in [2.45, 2.75) is 13.0 Å². The SMILES string of the molecule is CCSCCN1CC(=O)NCC1C(=O)O. The minimum atomic E-state index is -0.864. The molecule has 0 spiro atoms. The Hall–Kier alpha value is -0.750. The quantitative estimate of drug-likeness (QED) is 0.633. The smallest absolute Gasteiger partial charge is 0.322 e. The van der Waals surface area contributed by atoms with Crippen molar-refractivity contribution in [2.75, 3.05) is 31.1 Å². The Morgan fingerprint density at radius 3 is 3.07 bits per heavy atom. The number of carboxylic acids is 1. The lowest BCUT2D eigenvalue weighted by Crippen LogP contribution is -2.57. The van der Waals surface area contributed by atoms with Gasteiger partial charge in [-0.2, -0.15) is 11.8 Å². The van der Waals surface area contributed by atoms with E-state index >= 15 is 0 Å². The number of hydrogen-bond donors (Lipinski definition) is 2. The van der Waals surface area contributed by atoms with Crippen LogP contribution in [0.3, 0.4) is 0 Å². The molecule has 15 heavy (non-hydrogen) atoms. The second kappa shape index (κ2) is 5.97. The van der Waals surface area contributed by atoms with Crippen LogP contribution in [0.5, 0.6) is 0 Å². The van der Waals surface area contributed by atoms with E-state index in [-0.39, 0.29) is 19.0 Å². The summed E-state index contributed by atoms with van der Waals surface area (Å²) in [5.74, 6) is 0.927. The van der Waals surface area contributed by atoms with Gasteiger partial charge in [0.05, 0.1) is 6.54 Å². The van der Waals surface area contributed by atoms with Gasteiger partial charge in [0.1, 0.15) is 6.04 Å². The zero-order valence-electron chi connectivity index (χ0n) is 8.73. The molecule has 0 aliphatic carbocycles. The van der Waals surface area contributed by atoms with E-state index in [1.807, 2.05) is 0 Å². The first-order chi connectivity index (χ1) is 7.15. The number of hydrogen-bond acceptors (Lipinski definition) is 4. The molecule has 1 saturated heterocycles. The van der Waals surface area contributed by atoms with Gasteiger partial charge in [0.2, 0.25) is 5.91 Å². The molecule has 1 fully saturated rings. The number of aliphatic carboxylic acids is 1. The largest absolute Gasteiger partial charge is 0.480 e. The van der Waals surface area contributed by atoms with Crippen LogP contribution in [0, 0.1) is 0 Å². The van der Waals surface area contributed by atoms with Gasteiger partial charge in [-0.1, -0.05) is 6.92 Å². The molecule has 0 saturated carbocycles. The van der Waals surface area contributed by atoms with Gasteiger partial charge in [0, 0.05) is 18.8 Å². The lowest BCUT2D eigenvalue weighted by molar-refractivity contribution is -0.145. The number of piperazine rings is 1. The fraction of sp³-hybridized carbons (Fsp3) is 0.778. The average Bonchev–Trinajstić information content (AvgIpc) is 2.18. The van der Waals surface area contributed by atoms with Gasteiger partial charge in [0.15, 0.2) is 0 Å². The predicted octanol–water partition coefficient (Wildman–Crippen LogP) is -0.375. The molecule has 6 heteroatoms. The molecule has 0 aromatic heterocycles. The molecule has 1 amide bonds. The first-order valence-electron chi connectivity index (χ1n) is 4.96. The summed E-state index contributed by atoms with van der Waals surface area (Å²) in [6.45, 7) is 3.12. The van der Waals surface area contributed by atoms with Crippen LogP contribution in [-0.4, -0.2) is 59.1 Å². The van der Waals surface area contributed by atoms with E-state index in [0.717, 1.165) is 11.5 Å². The van der Waals surface area contributed by atoms with Crippen LogP contribution in [0.4, 0.5) is 0 Å². The number of nitrogens with one attached hydrogen (secondary N) is 1. The van der Waals surface area contributed by atoms with E-state index in [2.05, 4.69) is 12.2 Å². The first-order valence-corrected chi connectivity index (χ1v) is 6.12. The zero-order valence-corrected chi connectivity index (χ0v) is 9.55. The Bertz CT molecular complexity index is 248. The Balaban J connectivity index is 2.46. The van der Waals surface area contributed by atoms with Gasteiger partial charge >= 0.3 is 5.97 Å². The second-order valence-corrected chi connectivity index (χ2v) is 4.72. The molecule has 1 aliphatic heterocycles. The van der Waals surface area contributed by atoms with E-state index in [1.165, 1.54) is 0 Å². The van der Waals surface area contributed by atoms with Crippen molar-refractivity contribution in [1.82, 2.24) is 10.2 Å². The Morgan fingerprint density at radius 1 is 1.73 bits per heavy atom. The number of thioether (sulfide) groups is 1. The van der Waals surface area contributed by atoms with Gasteiger partial charge < -0.3 is 10.4 Å². The van der Waals surface area contributed by atoms with Gasteiger partial charge in [-0.3, -0.25) is 14.5 Å². The Labute approximate surface area is 93.2 Å². The van der Waals surface area contributed by atoms with Crippen molar-refractivity contribution in [1.29, 1.82) is 0 Å². The minimum absolute atomic E-state index is 0.0889. The van der Waals surface area contributed by atoms with Crippen molar-refractivity contribution in [3.8, 4) is 0 Å². The first kappa shape index (κ1) is 12.3. The topological polar surface area (TPSA) is 69.6 Å². The van der Waals surface area contributed by atoms with E-state index in [1.54, 1.807) is 16.7 Å². The molecule has 0 radical (unpaired) electrons. The highest BCUT2D eigenvalue weighted by Crippen LogP contribution is 2.07. The van der Waals surface area contributed by atoms with Crippen LogP contribution in [0.1, 0.15) is 6.92 Å². The van der Waals surface area contributed by atoms with Crippen LogP contribution in [-0.2, 0) is 9.59 Å². The van der Waals surface area contributed by atoms with Gasteiger partial charge in [-0.05, 0) is 5.75 Å². The summed E-state index contributed by atoms with van der Waals surface area (Å²) in [6.07, 6.45) is 0. The zero-order chi connectivity index (χ0) is 11.3. The fourth-order valence-electron chi connectivity index (χ4n) is 1.49. The third kappa shape index (κ3) is 3.71. The normalized spacial score (nSPS) is 22.5. The standard InChI is InChI=1S/C9H16N2O3S/c1-2-15-4-3-11-6-8(12)10-5-7(11)9(13)14/h7H,2-6H2,1H3,(H,10,12)(H,13,14). The molecular formula is C9H16N2O3S. The number of carbonyl (C=O) groups is 2. The highest BCUT2D eigenvalue weighted by atomic mass is 32.2. The van der Waals surface area contributed by atoms with Crippen LogP contribution >= 0.6 is 11.8 Å². The third-order valence-electron chi connectivity index (χ3n) is 2.29. The van der Waals surface area contributed by atoms with Crippen molar-refractivity contribution in [2.24, 2.45) is 0 Å². The molecule has 0 aromatic carbocycles. The lowest BCUT2D eigenvalue weighted by atomic mass is 10.2. The summed E-state index contributed by atoms with van der Waals surface area (Å²) in [7, 11) is 0. The van der Waals surface area contributed by atoms with Crippen molar-refractivity contribution in [3.05, 3.63) is 0 Å². The van der Waals surface area contributed by atoms with Crippen molar-refractivity contribution < 1.29 is 14.7 Å². The molecule has 1 atom stereocenters. The third-order valence-corrected chi connectivity index (χ3v) is 3.17. The average molecular weight is 232 g/mol. The summed E-state index contributed by atoms with van der Waals surface area (Å²) in [4.78, 5) is 23.8. The van der Waals surface area contributed by atoms with Crippen molar-refractivity contribution >= 4 is 23.6 Å². The van der Waals surface area contributed by atoms with Crippen LogP contribution < -0.4 is 5.32 Å².